The number of primary amides is 1. The fourth-order valence-corrected chi connectivity index (χ4v) is 1.09. The van der Waals surface area contributed by atoms with Crippen molar-refractivity contribution in [1.29, 1.82) is 0 Å². The molecule has 13 heavy (non-hydrogen) atoms. The highest BCUT2D eigenvalue weighted by atomic mass is 35.5. The van der Waals surface area contributed by atoms with E-state index in [-0.39, 0.29) is 5.91 Å². The zero-order valence-electron chi connectivity index (χ0n) is 7.25. The quantitative estimate of drug-likeness (QED) is 0.776. The van der Waals surface area contributed by atoms with Gasteiger partial charge in [-0.05, 0) is 25.1 Å². The predicted octanol–water partition coefficient (Wildman–Crippen LogP) is 1.63. The van der Waals surface area contributed by atoms with Crippen molar-refractivity contribution >= 4 is 23.2 Å². The van der Waals surface area contributed by atoms with E-state index in [4.69, 9.17) is 17.3 Å². The number of amides is 1. The molecule has 0 saturated heterocycles. The highest BCUT2D eigenvalue weighted by Gasteiger charge is 2.07. The second-order valence-electron chi connectivity index (χ2n) is 2.78. The van der Waals surface area contributed by atoms with Crippen LogP contribution in [0.15, 0.2) is 24.3 Å². The Kier molecular flexibility index (Phi) is 3.14. The van der Waals surface area contributed by atoms with E-state index in [1.54, 1.807) is 25.1 Å². The van der Waals surface area contributed by atoms with Crippen molar-refractivity contribution in [2.45, 2.75) is 13.0 Å². The van der Waals surface area contributed by atoms with E-state index in [2.05, 4.69) is 5.32 Å². The van der Waals surface area contributed by atoms with E-state index >= 15 is 0 Å². The van der Waals surface area contributed by atoms with Crippen molar-refractivity contribution in [2.24, 2.45) is 5.73 Å². The van der Waals surface area contributed by atoms with Crippen LogP contribution >= 0.6 is 11.6 Å². The molecule has 1 aromatic carbocycles. The second kappa shape index (κ2) is 4.14. The Morgan fingerprint density at radius 2 is 2.31 bits per heavy atom. The molecule has 0 aliphatic carbocycles. The number of rotatable bonds is 3. The summed E-state index contributed by atoms with van der Waals surface area (Å²) in [5.74, 6) is -0.389. The third-order valence-electron chi connectivity index (χ3n) is 1.63. The van der Waals surface area contributed by atoms with Crippen LogP contribution in [0.3, 0.4) is 0 Å². The minimum Gasteiger partial charge on any atom is -0.374 e. The van der Waals surface area contributed by atoms with Gasteiger partial charge in [-0.3, -0.25) is 4.79 Å². The Morgan fingerprint density at radius 3 is 2.85 bits per heavy atom. The van der Waals surface area contributed by atoms with Crippen LogP contribution < -0.4 is 11.1 Å². The van der Waals surface area contributed by atoms with E-state index in [0.717, 1.165) is 5.69 Å². The molecular weight excluding hydrogens is 188 g/mol. The standard InChI is InChI=1S/C9H11ClN2O/c1-6(9(11)13)12-8-4-2-3-7(10)5-8/h2-6,12H,1H3,(H2,11,13)/t6-/m1/s1. The van der Waals surface area contributed by atoms with Crippen molar-refractivity contribution in [2.75, 3.05) is 5.32 Å². The Bertz CT molecular complexity index is 314. The Balaban J connectivity index is 2.69. The summed E-state index contributed by atoms with van der Waals surface area (Å²) in [5, 5.41) is 3.55. The first-order valence-electron chi connectivity index (χ1n) is 3.91. The molecule has 0 bridgehead atoms. The van der Waals surface area contributed by atoms with Crippen LogP contribution in [0.4, 0.5) is 5.69 Å². The smallest absolute Gasteiger partial charge is 0.239 e. The van der Waals surface area contributed by atoms with Gasteiger partial charge in [-0.2, -0.15) is 0 Å². The van der Waals surface area contributed by atoms with Crippen molar-refractivity contribution < 1.29 is 4.79 Å². The molecule has 3 nitrogen and oxygen atoms in total. The fraction of sp³-hybridized carbons (Fsp3) is 0.222. The summed E-state index contributed by atoms with van der Waals surface area (Å²) in [6.45, 7) is 1.70. The van der Waals surface area contributed by atoms with Crippen LogP contribution in [-0.4, -0.2) is 11.9 Å². The predicted molar refractivity (Wildman–Crippen MR) is 53.7 cm³/mol. The molecule has 1 atom stereocenters. The molecule has 4 heteroatoms. The van der Waals surface area contributed by atoms with E-state index in [0.29, 0.717) is 5.02 Å². The molecule has 70 valence electrons. The largest absolute Gasteiger partial charge is 0.374 e. The van der Waals surface area contributed by atoms with Crippen LogP contribution in [0.1, 0.15) is 6.92 Å². The number of carbonyl (C=O) groups is 1. The van der Waals surface area contributed by atoms with Gasteiger partial charge in [-0.15, -0.1) is 0 Å². The molecule has 0 fully saturated rings. The lowest BCUT2D eigenvalue weighted by atomic mass is 10.2. The first-order chi connectivity index (χ1) is 6.09. The molecule has 1 rings (SSSR count). The van der Waals surface area contributed by atoms with Gasteiger partial charge in [0.05, 0.1) is 0 Å². The molecule has 0 aliphatic rings. The van der Waals surface area contributed by atoms with Gasteiger partial charge in [-0.25, -0.2) is 0 Å². The highest BCUT2D eigenvalue weighted by molar-refractivity contribution is 6.30. The summed E-state index contributed by atoms with van der Waals surface area (Å²) in [7, 11) is 0. The van der Waals surface area contributed by atoms with E-state index in [1.165, 1.54) is 0 Å². The first-order valence-corrected chi connectivity index (χ1v) is 4.29. The second-order valence-corrected chi connectivity index (χ2v) is 3.22. The Labute approximate surface area is 81.9 Å². The van der Waals surface area contributed by atoms with Crippen LogP contribution in [-0.2, 0) is 4.79 Å². The Hall–Kier alpha value is -1.22. The molecule has 0 aliphatic heterocycles. The first kappa shape index (κ1) is 9.86. The lowest BCUT2D eigenvalue weighted by Crippen LogP contribution is -2.32. The van der Waals surface area contributed by atoms with Gasteiger partial charge in [0.2, 0.25) is 5.91 Å². The number of halogens is 1. The fourth-order valence-electron chi connectivity index (χ4n) is 0.899. The zero-order valence-corrected chi connectivity index (χ0v) is 8.01. The van der Waals surface area contributed by atoms with E-state index in [1.807, 2.05) is 6.07 Å². The van der Waals surface area contributed by atoms with Crippen molar-refractivity contribution in [3.63, 3.8) is 0 Å². The summed E-state index contributed by atoms with van der Waals surface area (Å²) >= 11 is 5.75. The van der Waals surface area contributed by atoms with E-state index < -0.39 is 6.04 Å². The van der Waals surface area contributed by atoms with Crippen LogP contribution in [0, 0.1) is 0 Å². The summed E-state index contributed by atoms with van der Waals surface area (Å²) in [5.41, 5.74) is 5.88. The number of benzene rings is 1. The molecule has 0 saturated carbocycles. The van der Waals surface area contributed by atoms with E-state index in [9.17, 15) is 4.79 Å². The number of anilines is 1. The number of hydrogen-bond acceptors (Lipinski definition) is 2. The SMILES string of the molecule is C[C@@H](Nc1cccc(Cl)c1)C(N)=O. The number of nitrogens with one attached hydrogen (secondary N) is 1. The third kappa shape index (κ3) is 2.95. The van der Waals surface area contributed by atoms with Gasteiger partial charge in [0.15, 0.2) is 0 Å². The van der Waals surface area contributed by atoms with Crippen molar-refractivity contribution in [3.8, 4) is 0 Å². The maximum absolute atomic E-state index is 10.7. The average molecular weight is 199 g/mol. The monoisotopic (exact) mass is 198 g/mol. The molecule has 3 N–H and O–H groups in total. The van der Waals surface area contributed by atoms with Gasteiger partial charge in [0.1, 0.15) is 6.04 Å². The molecule has 0 spiro atoms. The zero-order chi connectivity index (χ0) is 9.84. The average Bonchev–Trinajstić information content (AvgIpc) is 2.04. The molecule has 1 amide bonds. The van der Waals surface area contributed by atoms with Crippen LogP contribution in [0.2, 0.25) is 5.02 Å². The maximum Gasteiger partial charge on any atom is 0.239 e. The molecule has 0 radical (unpaired) electrons. The molecule has 1 aromatic rings. The Morgan fingerprint density at radius 1 is 1.62 bits per heavy atom. The summed E-state index contributed by atoms with van der Waals surface area (Å²) in [6.07, 6.45) is 0. The lowest BCUT2D eigenvalue weighted by Gasteiger charge is -2.11. The highest BCUT2D eigenvalue weighted by Crippen LogP contribution is 2.15. The van der Waals surface area contributed by atoms with Gasteiger partial charge >= 0.3 is 0 Å². The van der Waals surface area contributed by atoms with Gasteiger partial charge < -0.3 is 11.1 Å². The lowest BCUT2D eigenvalue weighted by molar-refractivity contribution is -0.118. The topological polar surface area (TPSA) is 55.1 Å². The normalized spacial score (nSPS) is 12.2. The minimum absolute atomic E-state index is 0.389. The molecule has 0 heterocycles. The van der Waals surface area contributed by atoms with Gasteiger partial charge in [0, 0.05) is 10.7 Å². The van der Waals surface area contributed by atoms with Crippen molar-refractivity contribution in [1.82, 2.24) is 0 Å². The molecular formula is C9H11ClN2O. The van der Waals surface area contributed by atoms with Gasteiger partial charge in [0.25, 0.3) is 0 Å². The number of nitrogens with two attached hydrogens (primary N) is 1. The summed E-state index contributed by atoms with van der Waals surface area (Å²) in [6, 6.07) is 6.74. The van der Waals surface area contributed by atoms with Crippen LogP contribution in [0.5, 0.6) is 0 Å². The molecule has 0 unspecified atom stereocenters. The third-order valence-corrected chi connectivity index (χ3v) is 1.87. The maximum atomic E-state index is 10.7. The summed E-state index contributed by atoms with van der Waals surface area (Å²) < 4.78 is 0. The van der Waals surface area contributed by atoms with Crippen molar-refractivity contribution in [3.05, 3.63) is 29.3 Å². The van der Waals surface area contributed by atoms with Crippen LogP contribution in [0.25, 0.3) is 0 Å². The number of hydrogen-bond donors (Lipinski definition) is 2. The summed E-state index contributed by atoms with van der Waals surface area (Å²) in [4.78, 5) is 10.7. The van der Waals surface area contributed by atoms with Gasteiger partial charge in [-0.1, -0.05) is 17.7 Å². The number of carbonyl (C=O) groups excluding carboxylic acids is 1. The minimum atomic E-state index is -0.390. The molecule has 0 aromatic heterocycles.